The molecule has 0 aliphatic rings. The molecule has 0 aliphatic carbocycles. The summed E-state index contributed by atoms with van der Waals surface area (Å²) in [5.41, 5.74) is 3.73. The van der Waals surface area contributed by atoms with Crippen LogP contribution in [0.15, 0.2) is 36.4 Å². The van der Waals surface area contributed by atoms with Gasteiger partial charge in [-0.3, -0.25) is 0 Å². The van der Waals surface area contributed by atoms with Gasteiger partial charge in [-0.2, -0.15) is 0 Å². The minimum Gasteiger partial charge on any atom is -0.392 e. The first kappa shape index (κ1) is 10.3. The average Bonchev–Trinajstić information content (AvgIpc) is 2.76. The van der Waals surface area contributed by atoms with Crippen molar-refractivity contribution in [3.8, 4) is 0 Å². The molecule has 0 amide bonds. The minimum absolute atomic E-state index is 0.0125. The van der Waals surface area contributed by atoms with Crippen molar-refractivity contribution in [1.29, 1.82) is 0 Å². The fourth-order valence-electron chi connectivity index (χ4n) is 2.38. The van der Waals surface area contributed by atoms with Crippen LogP contribution in [0.5, 0.6) is 0 Å². The minimum atomic E-state index is 0.0125. The fraction of sp³-hybridized carbons (Fsp3) is 0.143. The van der Waals surface area contributed by atoms with Crippen LogP contribution in [0.4, 0.5) is 0 Å². The maximum Gasteiger partial charge on any atom is 0.0702 e. The van der Waals surface area contributed by atoms with Crippen LogP contribution in [0, 0.1) is 0 Å². The molecule has 0 saturated heterocycles. The molecule has 0 saturated carbocycles. The van der Waals surface area contributed by atoms with Crippen molar-refractivity contribution >= 4 is 21.8 Å². The van der Waals surface area contributed by atoms with Crippen molar-refractivity contribution in [1.82, 2.24) is 4.98 Å². The fourth-order valence-corrected chi connectivity index (χ4v) is 2.38. The molecule has 1 heterocycles. The number of aromatic nitrogens is 1. The molecule has 3 heteroatoms. The molecule has 0 atom stereocenters. The summed E-state index contributed by atoms with van der Waals surface area (Å²) in [4.78, 5) is 3.30. The van der Waals surface area contributed by atoms with Crippen molar-refractivity contribution in [2.45, 2.75) is 13.2 Å². The predicted octanol–water partition coefficient (Wildman–Crippen LogP) is 2.31. The van der Waals surface area contributed by atoms with Gasteiger partial charge >= 0.3 is 0 Å². The van der Waals surface area contributed by atoms with Crippen LogP contribution < -0.4 is 0 Å². The summed E-state index contributed by atoms with van der Waals surface area (Å²) in [5, 5.41) is 20.8. The van der Waals surface area contributed by atoms with E-state index in [0.29, 0.717) is 0 Å². The SMILES string of the molecule is OCc1cccc2c1[nH]c1cccc(CO)c12. The maximum atomic E-state index is 9.38. The highest BCUT2D eigenvalue weighted by Crippen LogP contribution is 2.30. The molecule has 3 nitrogen and oxygen atoms in total. The Bertz CT molecular complexity index is 685. The molecule has 86 valence electrons. The first-order valence-electron chi connectivity index (χ1n) is 5.58. The first-order chi connectivity index (χ1) is 8.35. The van der Waals surface area contributed by atoms with E-state index in [2.05, 4.69) is 4.98 Å². The molecule has 0 spiro atoms. The van der Waals surface area contributed by atoms with Crippen LogP contribution in [0.1, 0.15) is 11.1 Å². The Balaban J connectivity index is 2.51. The van der Waals surface area contributed by atoms with E-state index in [1.165, 1.54) is 0 Å². The number of aliphatic hydroxyl groups excluding tert-OH is 2. The monoisotopic (exact) mass is 227 g/mol. The van der Waals surface area contributed by atoms with E-state index in [1.54, 1.807) is 0 Å². The topological polar surface area (TPSA) is 56.2 Å². The van der Waals surface area contributed by atoms with E-state index in [-0.39, 0.29) is 13.2 Å². The van der Waals surface area contributed by atoms with E-state index in [1.807, 2.05) is 36.4 Å². The van der Waals surface area contributed by atoms with E-state index in [0.717, 1.165) is 32.9 Å². The lowest BCUT2D eigenvalue weighted by molar-refractivity contribution is 0.283. The zero-order valence-corrected chi connectivity index (χ0v) is 9.27. The lowest BCUT2D eigenvalue weighted by Gasteiger charge is -2.00. The summed E-state index contributed by atoms with van der Waals surface area (Å²) in [6, 6.07) is 11.6. The Morgan fingerprint density at radius 1 is 0.882 bits per heavy atom. The smallest absolute Gasteiger partial charge is 0.0702 e. The van der Waals surface area contributed by atoms with Gasteiger partial charge in [0.2, 0.25) is 0 Å². The standard InChI is InChI=1S/C14H13NO2/c16-7-9-3-2-6-12-13(9)11-5-1-4-10(8-17)14(11)15-12/h1-6,15-17H,7-8H2. The van der Waals surface area contributed by atoms with Crippen LogP contribution in [0.25, 0.3) is 21.8 Å². The third kappa shape index (κ3) is 1.44. The number of aromatic amines is 1. The second-order valence-corrected chi connectivity index (χ2v) is 4.12. The molecule has 3 N–H and O–H groups in total. The number of nitrogens with one attached hydrogen (secondary N) is 1. The molecule has 0 fully saturated rings. The van der Waals surface area contributed by atoms with Crippen LogP contribution in [-0.4, -0.2) is 15.2 Å². The van der Waals surface area contributed by atoms with E-state index in [9.17, 15) is 10.2 Å². The van der Waals surface area contributed by atoms with E-state index >= 15 is 0 Å². The van der Waals surface area contributed by atoms with Crippen molar-refractivity contribution in [3.63, 3.8) is 0 Å². The zero-order chi connectivity index (χ0) is 11.8. The van der Waals surface area contributed by atoms with Gasteiger partial charge in [-0.25, -0.2) is 0 Å². The number of H-pyrrole nitrogens is 1. The van der Waals surface area contributed by atoms with Crippen LogP contribution in [-0.2, 0) is 13.2 Å². The Kier molecular flexibility index (Phi) is 2.35. The van der Waals surface area contributed by atoms with Gasteiger partial charge in [0.25, 0.3) is 0 Å². The Morgan fingerprint density at radius 3 is 2.35 bits per heavy atom. The van der Waals surface area contributed by atoms with Gasteiger partial charge in [0, 0.05) is 21.9 Å². The second-order valence-electron chi connectivity index (χ2n) is 4.12. The Labute approximate surface area is 98.3 Å². The summed E-state index contributed by atoms with van der Waals surface area (Å²) in [6.45, 7) is 0.0340. The summed E-state index contributed by atoms with van der Waals surface area (Å²) >= 11 is 0. The third-order valence-electron chi connectivity index (χ3n) is 3.17. The molecular weight excluding hydrogens is 214 g/mol. The number of para-hydroxylation sites is 1. The Hall–Kier alpha value is -1.84. The van der Waals surface area contributed by atoms with Gasteiger partial charge < -0.3 is 15.2 Å². The lowest BCUT2D eigenvalue weighted by atomic mass is 10.1. The number of rotatable bonds is 2. The highest BCUT2D eigenvalue weighted by molar-refractivity contribution is 6.09. The molecule has 17 heavy (non-hydrogen) atoms. The van der Waals surface area contributed by atoms with E-state index < -0.39 is 0 Å². The first-order valence-corrected chi connectivity index (χ1v) is 5.58. The number of benzene rings is 2. The molecular formula is C14H13NO2. The summed E-state index contributed by atoms with van der Waals surface area (Å²) in [7, 11) is 0. The van der Waals surface area contributed by atoms with Crippen molar-refractivity contribution in [3.05, 3.63) is 47.5 Å². The predicted molar refractivity (Wildman–Crippen MR) is 67.7 cm³/mol. The molecule has 0 radical (unpaired) electrons. The highest BCUT2D eigenvalue weighted by atomic mass is 16.3. The quantitative estimate of drug-likeness (QED) is 0.629. The molecule has 2 aromatic carbocycles. The van der Waals surface area contributed by atoms with Gasteiger partial charge in [0.05, 0.1) is 18.7 Å². The molecule has 0 unspecified atom stereocenters. The molecule has 3 rings (SSSR count). The van der Waals surface area contributed by atoms with Crippen LogP contribution in [0.3, 0.4) is 0 Å². The van der Waals surface area contributed by atoms with Crippen molar-refractivity contribution in [2.24, 2.45) is 0 Å². The van der Waals surface area contributed by atoms with E-state index in [4.69, 9.17) is 0 Å². The molecule has 1 aromatic heterocycles. The number of aliphatic hydroxyl groups is 2. The van der Waals surface area contributed by atoms with Crippen molar-refractivity contribution in [2.75, 3.05) is 0 Å². The molecule has 3 aromatic rings. The molecule has 0 aliphatic heterocycles. The second kappa shape index (κ2) is 3.87. The third-order valence-corrected chi connectivity index (χ3v) is 3.17. The highest BCUT2D eigenvalue weighted by Gasteiger charge is 2.09. The van der Waals surface area contributed by atoms with Gasteiger partial charge in [0.15, 0.2) is 0 Å². The average molecular weight is 227 g/mol. The van der Waals surface area contributed by atoms with Gasteiger partial charge in [-0.05, 0) is 11.6 Å². The van der Waals surface area contributed by atoms with Gasteiger partial charge in [-0.15, -0.1) is 0 Å². The largest absolute Gasteiger partial charge is 0.392 e. The number of hydrogen-bond donors (Lipinski definition) is 3. The number of hydrogen-bond acceptors (Lipinski definition) is 2. The van der Waals surface area contributed by atoms with Gasteiger partial charge in [-0.1, -0.05) is 30.3 Å². The summed E-state index contributed by atoms with van der Waals surface area (Å²) in [6.07, 6.45) is 0. The normalized spacial score (nSPS) is 11.4. The Morgan fingerprint density at radius 2 is 1.59 bits per heavy atom. The van der Waals surface area contributed by atoms with Crippen LogP contribution >= 0.6 is 0 Å². The zero-order valence-electron chi connectivity index (χ0n) is 9.27. The summed E-state index contributed by atoms with van der Waals surface area (Å²) in [5.74, 6) is 0. The van der Waals surface area contributed by atoms with Crippen LogP contribution in [0.2, 0.25) is 0 Å². The lowest BCUT2D eigenvalue weighted by Crippen LogP contribution is -1.84. The maximum absolute atomic E-state index is 9.38. The summed E-state index contributed by atoms with van der Waals surface area (Å²) < 4.78 is 0. The molecule has 0 bridgehead atoms. The van der Waals surface area contributed by atoms with Crippen molar-refractivity contribution < 1.29 is 10.2 Å². The van der Waals surface area contributed by atoms with Gasteiger partial charge in [0.1, 0.15) is 0 Å². The number of fused-ring (bicyclic) bond motifs is 3.